The average molecular weight is 372 g/mol. The van der Waals surface area contributed by atoms with Gasteiger partial charge in [0.2, 0.25) is 11.8 Å². The fraction of sp³-hybridized carbons (Fsp3) is 0.167. The zero-order chi connectivity index (χ0) is 18.8. The number of rotatable bonds is 8. The molecule has 8 heteroatoms. The van der Waals surface area contributed by atoms with E-state index in [1.807, 2.05) is 42.5 Å². The van der Waals surface area contributed by atoms with Gasteiger partial charge in [-0.1, -0.05) is 42.5 Å². The Bertz CT molecular complexity index is 768. The molecule has 0 spiro atoms. The van der Waals surface area contributed by atoms with Gasteiger partial charge in [0.25, 0.3) is 0 Å². The first-order valence-electron chi connectivity index (χ1n) is 7.90. The molecule has 7 nitrogen and oxygen atoms in total. The Labute approximate surface area is 155 Å². The highest BCUT2D eigenvalue weighted by molar-refractivity contribution is 8.00. The quantitative estimate of drug-likeness (QED) is 0.527. The van der Waals surface area contributed by atoms with E-state index in [9.17, 15) is 14.4 Å². The summed E-state index contributed by atoms with van der Waals surface area (Å²) in [5.41, 5.74) is 6.78. The molecule has 2 aromatic carbocycles. The van der Waals surface area contributed by atoms with E-state index in [0.29, 0.717) is 12.2 Å². The maximum atomic E-state index is 11.9. The maximum absolute atomic E-state index is 11.9. The maximum Gasteiger partial charge on any atom is 0.321 e. The first kappa shape index (κ1) is 19.3. The number of hydrogen-bond acceptors (Lipinski definition) is 5. The molecular formula is C18H20N4O3S. The number of carbonyl (C=O) groups excluding carboxylic acids is 3. The molecular weight excluding hydrogens is 352 g/mol. The number of para-hydroxylation sites is 1. The van der Waals surface area contributed by atoms with Crippen LogP contribution in [0, 0.1) is 0 Å². The van der Waals surface area contributed by atoms with Gasteiger partial charge in [-0.25, -0.2) is 4.79 Å². The largest absolute Gasteiger partial charge is 0.375 e. The fourth-order valence-electron chi connectivity index (χ4n) is 2.06. The highest BCUT2D eigenvalue weighted by atomic mass is 32.2. The Balaban J connectivity index is 1.77. The molecule has 0 bridgehead atoms. The van der Waals surface area contributed by atoms with E-state index in [2.05, 4.69) is 16.0 Å². The second kappa shape index (κ2) is 10.1. The predicted molar refractivity (Wildman–Crippen MR) is 102 cm³/mol. The summed E-state index contributed by atoms with van der Waals surface area (Å²) in [6.45, 7) is 0.257. The van der Waals surface area contributed by atoms with E-state index in [4.69, 9.17) is 5.73 Å². The third-order valence-corrected chi connectivity index (χ3v) is 4.34. The van der Waals surface area contributed by atoms with Crippen molar-refractivity contribution in [2.45, 2.75) is 11.4 Å². The van der Waals surface area contributed by atoms with Crippen LogP contribution < -0.4 is 21.7 Å². The summed E-state index contributed by atoms with van der Waals surface area (Å²) < 4.78 is 0. The summed E-state index contributed by atoms with van der Waals surface area (Å²) in [6.07, 6.45) is 0. The summed E-state index contributed by atoms with van der Waals surface area (Å²) in [7, 11) is 0. The van der Waals surface area contributed by atoms with E-state index < -0.39 is 17.8 Å². The molecule has 4 amide bonds. The number of imide groups is 1. The molecule has 0 aliphatic carbocycles. The number of amides is 4. The molecule has 2 aromatic rings. The summed E-state index contributed by atoms with van der Waals surface area (Å²) in [5, 5.41) is 7.83. The lowest BCUT2D eigenvalue weighted by atomic mass is 10.2. The second-order valence-electron chi connectivity index (χ2n) is 5.32. The standard InChI is InChI=1S/C18H20N4O3S/c19-16(23)12-26-15-9-5-4-8-14(15)20-11-17(24)22-18(25)21-10-13-6-2-1-3-7-13/h1-9,20H,10-12H2,(H2,19,23)(H2,21,22,24,25). The molecule has 136 valence electrons. The summed E-state index contributed by atoms with van der Waals surface area (Å²) in [4.78, 5) is 35.4. The smallest absolute Gasteiger partial charge is 0.321 e. The van der Waals surface area contributed by atoms with E-state index in [1.165, 1.54) is 11.8 Å². The van der Waals surface area contributed by atoms with Crippen molar-refractivity contribution < 1.29 is 14.4 Å². The van der Waals surface area contributed by atoms with E-state index in [1.54, 1.807) is 12.1 Å². The highest BCUT2D eigenvalue weighted by Gasteiger charge is 2.09. The zero-order valence-electron chi connectivity index (χ0n) is 14.0. The van der Waals surface area contributed by atoms with Crippen LogP contribution in [0.1, 0.15) is 5.56 Å². The van der Waals surface area contributed by atoms with Crippen molar-refractivity contribution in [3.63, 3.8) is 0 Å². The van der Waals surface area contributed by atoms with Crippen LogP contribution in [0.2, 0.25) is 0 Å². The van der Waals surface area contributed by atoms with Gasteiger partial charge in [-0.2, -0.15) is 0 Å². The van der Waals surface area contributed by atoms with Crippen molar-refractivity contribution >= 4 is 35.3 Å². The van der Waals surface area contributed by atoms with Crippen LogP contribution in [-0.2, 0) is 16.1 Å². The SMILES string of the molecule is NC(=O)CSc1ccccc1NCC(=O)NC(=O)NCc1ccccc1. The summed E-state index contributed by atoms with van der Waals surface area (Å²) in [6, 6.07) is 16.1. The van der Waals surface area contributed by atoms with Crippen molar-refractivity contribution in [1.82, 2.24) is 10.6 Å². The molecule has 0 heterocycles. The van der Waals surface area contributed by atoms with Crippen molar-refractivity contribution in [3.05, 3.63) is 60.2 Å². The minimum Gasteiger partial charge on any atom is -0.375 e. The van der Waals surface area contributed by atoms with Gasteiger partial charge in [-0.15, -0.1) is 11.8 Å². The van der Waals surface area contributed by atoms with Crippen LogP contribution in [0.15, 0.2) is 59.5 Å². The minimum atomic E-state index is -0.558. The molecule has 0 aromatic heterocycles. The third-order valence-electron chi connectivity index (χ3n) is 3.25. The minimum absolute atomic E-state index is 0.0765. The third kappa shape index (κ3) is 6.86. The normalized spacial score (nSPS) is 10.0. The van der Waals surface area contributed by atoms with Crippen LogP contribution in [0.25, 0.3) is 0 Å². The first-order valence-corrected chi connectivity index (χ1v) is 8.89. The molecule has 2 rings (SSSR count). The predicted octanol–water partition coefficient (Wildman–Crippen LogP) is 1.70. The average Bonchev–Trinajstić information content (AvgIpc) is 2.64. The Morgan fingerprint density at radius 3 is 2.38 bits per heavy atom. The Morgan fingerprint density at radius 1 is 0.962 bits per heavy atom. The highest BCUT2D eigenvalue weighted by Crippen LogP contribution is 2.26. The molecule has 26 heavy (non-hydrogen) atoms. The van der Waals surface area contributed by atoms with Crippen molar-refractivity contribution in [1.29, 1.82) is 0 Å². The molecule has 0 aliphatic rings. The Morgan fingerprint density at radius 2 is 1.65 bits per heavy atom. The monoisotopic (exact) mass is 372 g/mol. The lowest BCUT2D eigenvalue weighted by Gasteiger charge is -2.11. The molecule has 0 aliphatic heterocycles. The fourth-order valence-corrected chi connectivity index (χ4v) is 2.82. The van der Waals surface area contributed by atoms with E-state index >= 15 is 0 Å². The van der Waals surface area contributed by atoms with Crippen LogP contribution in [-0.4, -0.2) is 30.1 Å². The number of primary amides is 1. The van der Waals surface area contributed by atoms with E-state index in [0.717, 1.165) is 10.5 Å². The number of hydrogen-bond donors (Lipinski definition) is 4. The summed E-state index contributed by atoms with van der Waals surface area (Å²) in [5.74, 6) is -0.741. The summed E-state index contributed by atoms with van der Waals surface area (Å²) >= 11 is 1.28. The topological polar surface area (TPSA) is 113 Å². The number of thioether (sulfide) groups is 1. The Kier molecular flexibility index (Phi) is 7.50. The molecule has 0 atom stereocenters. The lowest BCUT2D eigenvalue weighted by molar-refractivity contribution is -0.118. The van der Waals surface area contributed by atoms with Gasteiger partial charge < -0.3 is 16.4 Å². The van der Waals surface area contributed by atoms with Gasteiger partial charge in [0.1, 0.15) is 0 Å². The lowest BCUT2D eigenvalue weighted by Crippen LogP contribution is -2.41. The number of anilines is 1. The first-order chi connectivity index (χ1) is 12.5. The molecule has 0 saturated heterocycles. The molecule has 0 radical (unpaired) electrons. The van der Waals surface area contributed by atoms with Gasteiger partial charge in [0, 0.05) is 17.1 Å². The number of urea groups is 1. The van der Waals surface area contributed by atoms with Crippen molar-refractivity contribution in [3.8, 4) is 0 Å². The van der Waals surface area contributed by atoms with Gasteiger partial charge in [-0.05, 0) is 17.7 Å². The van der Waals surface area contributed by atoms with Crippen LogP contribution in [0.3, 0.4) is 0 Å². The van der Waals surface area contributed by atoms with Crippen LogP contribution >= 0.6 is 11.8 Å². The van der Waals surface area contributed by atoms with Crippen molar-refractivity contribution in [2.24, 2.45) is 5.73 Å². The van der Waals surface area contributed by atoms with Crippen LogP contribution in [0.4, 0.5) is 10.5 Å². The Hall–Kier alpha value is -3.00. The number of nitrogens with two attached hydrogens (primary N) is 1. The van der Waals surface area contributed by atoms with Gasteiger partial charge >= 0.3 is 6.03 Å². The molecule has 0 fully saturated rings. The van der Waals surface area contributed by atoms with Gasteiger partial charge in [0.15, 0.2) is 0 Å². The molecule has 0 saturated carbocycles. The van der Waals surface area contributed by atoms with Crippen molar-refractivity contribution in [2.75, 3.05) is 17.6 Å². The second-order valence-corrected chi connectivity index (χ2v) is 6.34. The molecule has 5 N–H and O–H groups in total. The number of nitrogens with one attached hydrogen (secondary N) is 3. The zero-order valence-corrected chi connectivity index (χ0v) is 14.8. The number of benzene rings is 2. The van der Waals surface area contributed by atoms with Crippen LogP contribution in [0.5, 0.6) is 0 Å². The van der Waals surface area contributed by atoms with E-state index in [-0.39, 0.29) is 12.3 Å². The molecule has 0 unspecified atom stereocenters. The van der Waals surface area contributed by atoms with Gasteiger partial charge in [-0.3, -0.25) is 14.9 Å². The van der Waals surface area contributed by atoms with Gasteiger partial charge in [0.05, 0.1) is 12.3 Å². The number of carbonyl (C=O) groups is 3.